The Bertz CT molecular complexity index is 930. The van der Waals surface area contributed by atoms with E-state index in [1.807, 2.05) is 0 Å². The molecule has 0 aromatic heterocycles. The number of piperidine rings is 1. The SMILES string of the molecule is CC#CCOc1ccc(S(=O)(=O)C2CCN(Cc3ccc(C)cc3)CC2)cc1. The molecule has 1 aliphatic heterocycles. The normalized spacial score (nSPS) is 15.6. The number of rotatable bonds is 6. The van der Waals surface area contributed by atoms with Gasteiger partial charge in [0.1, 0.15) is 12.4 Å². The van der Waals surface area contributed by atoms with Gasteiger partial charge >= 0.3 is 0 Å². The minimum absolute atomic E-state index is 0.308. The Labute approximate surface area is 168 Å². The van der Waals surface area contributed by atoms with Gasteiger partial charge in [-0.05, 0) is 69.6 Å². The van der Waals surface area contributed by atoms with Crippen LogP contribution < -0.4 is 4.74 Å². The molecule has 0 bridgehead atoms. The lowest BCUT2D eigenvalue weighted by Gasteiger charge is -2.31. The first kappa shape index (κ1) is 20.4. The third kappa shape index (κ3) is 5.15. The van der Waals surface area contributed by atoms with Crippen LogP contribution in [-0.2, 0) is 16.4 Å². The third-order valence-corrected chi connectivity index (χ3v) is 7.42. The summed E-state index contributed by atoms with van der Waals surface area (Å²) < 4.78 is 31.4. The van der Waals surface area contributed by atoms with Gasteiger partial charge in [-0.25, -0.2) is 8.42 Å². The summed E-state index contributed by atoms with van der Waals surface area (Å²) in [5.41, 5.74) is 2.53. The van der Waals surface area contributed by atoms with Crippen molar-refractivity contribution in [3.05, 3.63) is 59.7 Å². The zero-order valence-electron chi connectivity index (χ0n) is 16.5. The number of hydrogen-bond acceptors (Lipinski definition) is 4. The van der Waals surface area contributed by atoms with Crippen LogP contribution in [0.15, 0.2) is 53.4 Å². The Balaban J connectivity index is 1.57. The maximum atomic E-state index is 13.0. The Morgan fingerprint density at radius 2 is 1.68 bits per heavy atom. The summed E-state index contributed by atoms with van der Waals surface area (Å²) in [4.78, 5) is 2.71. The van der Waals surface area contributed by atoms with Gasteiger partial charge in [-0.2, -0.15) is 0 Å². The third-order valence-electron chi connectivity index (χ3n) is 5.14. The van der Waals surface area contributed by atoms with Crippen LogP contribution in [-0.4, -0.2) is 38.3 Å². The first-order valence-electron chi connectivity index (χ1n) is 9.63. The van der Waals surface area contributed by atoms with Crippen molar-refractivity contribution in [3.8, 4) is 17.6 Å². The summed E-state index contributed by atoms with van der Waals surface area (Å²) >= 11 is 0. The van der Waals surface area contributed by atoms with Crippen molar-refractivity contribution >= 4 is 9.84 Å². The number of likely N-dealkylation sites (tertiary alicyclic amines) is 1. The van der Waals surface area contributed by atoms with E-state index >= 15 is 0 Å². The fourth-order valence-corrected chi connectivity index (χ4v) is 5.17. The van der Waals surface area contributed by atoms with Crippen LogP contribution in [0.5, 0.6) is 5.75 Å². The summed E-state index contributed by atoms with van der Waals surface area (Å²) in [7, 11) is -3.32. The van der Waals surface area contributed by atoms with Crippen LogP contribution in [0.3, 0.4) is 0 Å². The van der Waals surface area contributed by atoms with E-state index in [0.717, 1.165) is 19.6 Å². The molecule has 0 N–H and O–H groups in total. The molecule has 4 nitrogen and oxygen atoms in total. The molecule has 0 aliphatic carbocycles. The Morgan fingerprint density at radius 1 is 1.04 bits per heavy atom. The number of aryl methyl sites for hydroxylation is 1. The molecule has 3 rings (SSSR count). The van der Waals surface area contributed by atoms with Crippen molar-refractivity contribution in [1.82, 2.24) is 4.90 Å². The van der Waals surface area contributed by atoms with Crippen molar-refractivity contribution in [2.75, 3.05) is 19.7 Å². The number of ether oxygens (including phenoxy) is 1. The predicted octanol–water partition coefficient (Wildman–Crippen LogP) is 3.84. The van der Waals surface area contributed by atoms with E-state index in [9.17, 15) is 8.42 Å². The summed E-state index contributed by atoms with van der Waals surface area (Å²) in [6.07, 6.45) is 1.33. The van der Waals surface area contributed by atoms with Crippen LogP contribution in [0.25, 0.3) is 0 Å². The van der Waals surface area contributed by atoms with Crippen LogP contribution >= 0.6 is 0 Å². The zero-order chi connectivity index (χ0) is 20.0. The van der Waals surface area contributed by atoms with E-state index in [4.69, 9.17) is 4.74 Å². The summed E-state index contributed by atoms with van der Waals surface area (Å²) in [6.45, 7) is 6.62. The molecule has 0 amide bonds. The van der Waals surface area contributed by atoms with Crippen LogP contribution in [0, 0.1) is 18.8 Å². The van der Waals surface area contributed by atoms with Crippen molar-refractivity contribution in [3.63, 3.8) is 0 Å². The van der Waals surface area contributed by atoms with Crippen LogP contribution in [0.4, 0.5) is 0 Å². The molecule has 2 aromatic rings. The van der Waals surface area contributed by atoms with Gasteiger partial charge in [-0.15, -0.1) is 5.92 Å². The summed E-state index contributed by atoms with van der Waals surface area (Å²) in [6, 6.07) is 15.2. The van der Waals surface area contributed by atoms with Crippen LogP contribution in [0.1, 0.15) is 30.9 Å². The van der Waals surface area contributed by atoms with Crippen LogP contribution in [0.2, 0.25) is 0 Å². The molecule has 2 aromatic carbocycles. The predicted molar refractivity (Wildman–Crippen MR) is 112 cm³/mol. The molecule has 0 spiro atoms. The van der Waals surface area contributed by atoms with Gasteiger partial charge in [0, 0.05) is 6.54 Å². The van der Waals surface area contributed by atoms with E-state index < -0.39 is 9.84 Å². The summed E-state index contributed by atoms with van der Waals surface area (Å²) in [5, 5.41) is -0.320. The maximum Gasteiger partial charge on any atom is 0.181 e. The highest BCUT2D eigenvalue weighted by atomic mass is 32.2. The second-order valence-electron chi connectivity index (χ2n) is 7.19. The smallest absolute Gasteiger partial charge is 0.181 e. The van der Waals surface area contributed by atoms with Gasteiger partial charge in [0.25, 0.3) is 0 Å². The second kappa shape index (κ2) is 9.27. The van der Waals surface area contributed by atoms with Crippen molar-refractivity contribution in [2.45, 2.75) is 43.4 Å². The molecule has 0 saturated carbocycles. The highest BCUT2D eigenvalue weighted by molar-refractivity contribution is 7.92. The average molecular weight is 398 g/mol. The molecular formula is C23H27NO3S. The molecule has 5 heteroatoms. The molecule has 0 unspecified atom stereocenters. The van der Waals surface area contributed by atoms with E-state index in [1.54, 1.807) is 31.2 Å². The molecule has 1 aliphatic rings. The molecule has 28 heavy (non-hydrogen) atoms. The molecule has 1 saturated heterocycles. The highest BCUT2D eigenvalue weighted by Crippen LogP contribution is 2.26. The van der Waals surface area contributed by atoms with Crippen molar-refractivity contribution in [1.29, 1.82) is 0 Å². The lowest BCUT2D eigenvalue weighted by Crippen LogP contribution is -2.38. The Kier molecular flexibility index (Phi) is 6.77. The van der Waals surface area contributed by atoms with Crippen molar-refractivity contribution in [2.24, 2.45) is 0 Å². The molecular weight excluding hydrogens is 370 g/mol. The van der Waals surface area contributed by atoms with Gasteiger partial charge in [0.05, 0.1) is 10.1 Å². The lowest BCUT2D eigenvalue weighted by atomic mass is 10.1. The van der Waals surface area contributed by atoms with Gasteiger partial charge in [0.15, 0.2) is 9.84 Å². The van der Waals surface area contributed by atoms with Crippen molar-refractivity contribution < 1.29 is 13.2 Å². The Morgan fingerprint density at radius 3 is 2.29 bits per heavy atom. The highest BCUT2D eigenvalue weighted by Gasteiger charge is 2.31. The monoisotopic (exact) mass is 397 g/mol. The first-order valence-corrected chi connectivity index (χ1v) is 11.2. The molecule has 1 heterocycles. The molecule has 0 atom stereocenters. The maximum absolute atomic E-state index is 13.0. The molecule has 0 radical (unpaired) electrons. The average Bonchev–Trinajstić information content (AvgIpc) is 2.71. The largest absolute Gasteiger partial charge is 0.481 e. The number of nitrogens with zero attached hydrogens (tertiary/aromatic N) is 1. The van der Waals surface area contributed by atoms with Gasteiger partial charge < -0.3 is 4.74 Å². The molecule has 1 fully saturated rings. The van der Waals surface area contributed by atoms with Gasteiger partial charge in [0.2, 0.25) is 0 Å². The first-order chi connectivity index (χ1) is 13.5. The number of hydrogen-bond donors (Lipinski definition) is 0. The van der Waals surface area contributed by atoms with E-state index in [0.29, 0.717) is 30.1 Å². The number of sulfone groups is 1. The number of benzene rings is 2. The topological polar surface area (TPSA) is 46.6 Å². The van der Waals surface area contributed by atoms with Gasteiger partial charge in [-0.1, -0.05) is 35.7 Å². The minimum atomic E-state index is -3.32. The fraction of sp³-hybridized carbons (Fsp3) is 0.391. The quantitative estimate of drug-likeness (QED) is 0.695. The summed E-state index contributed by atoms with van der Waals surface area (Å²) in [5.74, 6) is 6.22. The fourth-order valence-electron chi connectivity index (χ4n) is 3.44. The standard InChI is InChI=1S/C23H27NO3S/c1-3-4-17-27-21-9-11-22(12-10-21)28(25,26)23-13-15-24(16-14-23)18-20-7-5-19(2)6-8-20/h5-12,23H,13-18H2,1-2H3. The zero-order valence-corrected chi connectivity index (χ0v) is 17.3. The second-order valence-corrected chi connectivity index (χ2v) is 9.42. The van der Waals surface area contributed by atoms with E-state index in [-0.39, 0.29) is 5.25 Å². The minimum Gasteiger partial charge on any atom is -0.481 e. The Hall–Kier alpha value is -2.29. The van der Waals surface area contributed by atoms with E-state index in [2.05, 4.69) is 47.9 Å². The van der Waals surface area contributed by atoms with Gasteiger partial charge in [-0.3, -0.25) is 4.90 Å². The molecule has 148 valence electrons. The van der Waals surface area contributed by atoms with E-state index in [1.165, 1.54) is 11.1 Å². The lowest BCUT2D eigenvalue weighted by molar-refractivity contribution is 0.222.